The summed E-state index contributed by atoms with van der Waals surface area (Å²) in [6.07, 6.45) is 5.58. The van der Waals surface area contributed by atoms with Gasteiger partial charge in [-0.05, 0) is 56.0 Å². The van der Waals surface area contributed by atoms with Gasteiger partial charge in [0.2, 0.25) is 5.91 Å². The van der Waals surface area contributed by atoms with E-state index >= 15 is 0 Å². The van der Waals surface area contributed by atoms with Crippen molar-refractivity contribution >= 4 is 17.3 Å². The van der Waals surface area contributed by atoms with Crippen molar-refractivity contribution in [2.75, 3.05) is 5.32 Å². The molecule has 3 rings (SSSR count). The fraction of sp³-hybridized carbons (Fsp3) is 0.435. The summed E-state index contributed by atoms with van der Waals surface area (Å²) in [5.74, 6) is 0.724. The maximum Gasteiger partial charge on any atom is 0.269 e. The highest BCUT2D eigenvalue weighted by Crippen LogP contribution is 2.41. The molecule has 0 heterocycles. The number of nitro groups is 1. The van der Waals surface area contributed by atoms with Crippen LogP contribution in [0.1, 0.15) is 57.9 Å². The molecule has 6 heteroatoms. The van der Waals surface area contributed by atoms with E-state index in [4.69, 9.17) is 4.74 Å². The van der Waals surface area contributed by atoms with Crippen LogP contribution in [0.4, 0.5) is 11.4 Å². The van der Waals surface area contributed by atoms with Gasteiger partial charge in [0, 0.05) is 17.8 Å². The molecule has 0 aliphatic heterocycles. The van der Waals surface area contributed by atoms with Crippen molar-refractivity contribution in [2.24, 2.45) is 0 Å². The van der Waals surface area contributed by atoms with Gasteiger partial charge in [-0.2, -0.15) is 0 Å². The number of amides is 1. The topological polar surface area (TPSA) is 81.5 Å². The molecule has 0 aromatic heterocycles. The molecule has 1 N–H and O–H groups in total. The minimum atomic E-state index is -0.653. The largest absolute Gasteiger partial charge is 0.491 e. The van der Waals surface area contributed by atoms with Gasteiger partial charge in [-0.15, -0.1) is 0 Å². The summed E-state index contributed by atoms with van der Waals surface area (Å²) in [4.78, 5) is 23.9. The SMILES string of the molecule is CC[C@@H](C)Oc1ccc(NC(=O)C2(c3ccc([N+](=O)[O-])cc3)CCCCC2)cc1. The zero-order valence-electron chi connectivity index (χ0n) is 17.0. The molecule has 154 valence electrons. The number of carbonyl (C=O) groups is 1. The van der Waals surface area contributed by atoms with E-state index in [9.17, 15) is 14.9 Å². The van der Waals surface area contributed by atoms with Crippen LogP contribution in [0.3, 0.4) is 0 Å². The minimum absolute atomic E-state index is 0.0389. The van der Waals surface area contributed by atoms with Crippen molar-refractivity contribution in [3.05, 3.63) is 64.2 Å². The maximum atomic E-state index is 13.3. The second kappa shape index (κ2) is 9.07. The van der Waals surface area contributed by atoms with Crippen molar-refractivity contribution < 1.29 is 14.5 Å². The molecule has 1 fully saturated rings. The number of non-ortho nitro benzene ring substituents is 1. The first-order valence-electron chi connectivity index (χ1n) is 10.3. The normalized spacial score (nSPS) is 16.6. The summed E-state index contributed by atoms with van der Waals surface area (Å²) in [5.41, 5.74) is 0.951. The lowest BCUT2D eigenvalue weighted by Gasteiger charge is -2.36. The van der Waals surface area contributed by atoms with E-state index in [0.29, 0.717) is 0 Å². The third kappa shape index (κ3) is 4.75. The van der Waals surface area contributed by atoms with Gasteiger partial charge >= 0.3 is 0 Å². The van der Waals surface area contributed by atoms with E-state index in [0.717, 1.165) is 55.5 Å². The van der Waals surface area contributed by atoms with Crippen molar-refractivity contribution in [3.63, 3.8) is 0 Å². The Morgan fingerprint density at radius 1 is 1.10 bits per heavy atom. The van der Waals surface area contributed by atoms with Crippen LogP contribution in [0, 0.1) is 10.1 Å². The Bertz CT molecular complexity index is 840. The van der Waals surface area contributed by atoms with Crippen LogP contribution in [-0.4, -0.2) is 16.9 Å². The highest BCUT2D eigenvalue weighted by molar-refractivity contribution is 5.99. The van der Waals surface area contributed by atoms with Crippen LogP contribution < -0.4 is 10.1 Å². The molecule has 1 amide bonds. The number of nitrogens with one attached hydrogen (secondary N) is 1. The first-order valence-corrected chi connectivity index (χ1v) is 10.3. The molecule has 0 unspecified atom stereocenters. The summed E-state index contributed by atoms with van der Waals surface area (Å²) in [6.45, 7) is 4.09. The average Bonchev–Trinajstić information content (AvgIpc) is 2.75. The average molecular weight is 396 g/mol. The Morgan fingerprint density at radius 2 is 1.72 bits per heavy atom. The van der Waals surface area contributed by atoms with E-state index in [1.807, 2.05) is 31.2 Å². The van der Waals surface area contributed by atoms with Crippen molar-refractivity contribution in [1.82, 2.24) is 0 Å². The van der Waals surface area contributed by atoms with Crippen molar-refractivity contribution in [3.8, 4) is 5.75 Å². The van der Waals surface area contributed by atoms with Gasteiger partial charge in [-0.3, -0.25) is 14.9 Å². The highest BCUT2D eigenvalue weighted by Gasteiger charge is 2.41. The second-order valence-corrected chi connectivity index (χ2v) is 7.76. The number of nitro benzene ring substituents is 1. The predicted molar refractivity (Wildman–Crippen MR) is 113 cm³/mol. The number of hydrogen-bond acceptors (Lipinski definition) is 4. The van der Waals surface area contributed by atoms with Gasteiger partial charge in [0.15, 0.2) is 0 Å². The van der Waals surface area contributed by atoms with Gasteiger partial charge in [-0.25, -0.2) is 0 Å². The lowest BCUT2D eigenvalue weighted by atomic mass is 9.68. The second-order valence-electron chi connectivity index (χ2n) is 7.76. The molecule has 0 saturated heterocycles. The fourth-order valence-electron chi connectivity index (χ4n) is 3.89. The molecule has 2 aromatic carbocycles. The van der Waals surface area contributed by atoms with E-state index in [2.05, 4.69) is 12.2 Å². The number of rotatable bonds is 7. The molecule has 0 spiro atoms. The Morgan fingerprint density at radius 3 is 2.28 bits per heavy atom. The lowest BCUT2D eigenvalue weighted by molar-refractivity contribution is -0.384. The van der Waals surface area contributed by atoms with Gasteiger partial charge in [0.25, 0.3) is 5.69 Å². The van der Waals surface area contributed by atoms with Crippen LogP contribution in [0.5, 0.6) is 5.75 Å². The first-order chi connectivity index (χ1) is 13.9. The standard InChI is InChI=1S/C23H28N2O4/c1-3-17(2)29-21-13-9-19(10-14-21)24-22(26)23(15-5-4-6-16-23)18-7-11-20(12-8-18)25(27)28/h7-14,17H,3-6,15-16H2,1-2H3,(H,24,26)/t17-/m1/s1. The van der Waals surface area contributed by atoms with E-state index < -0.39 is 10.3 Å². The molecule has 1 aliphatic rings. The maximum absolute atomic E-state index is 13.3. The first kappa shape index (κ1) is 20.8. The Labute approximate surface area is 171 Å². The predicted octanol–water partition coefficient (Wildman–Crippen LogP) is 5.61. The zero-order valence-corrected chi connectivity index (χ0v) is 17.0. The van der Waals surface area contributed by atoms with Gasteiger partial charge in [0.1, 0.15) is 5.75 Å². The van der Waals surface area contributed by atoms with Gasteiger partial charge in [0.05, 0.1) is 16.4 Å². The number of hydrogen-bond donors (Lipinski definition) is 1. The summed E-state index contributed by atoms with van der Waals surface area (Å²) in [6, 6.07) is 13.9. The molecular weight excluding hydrogens is 368 g/mol. The zero-order chi connectivity index (χ0) is 20.9. The molecule has 1 saturated carbocycles. The van der Waals surface area contributed by atoms with Crippen LogP contribution >= 0.6 is 0 Å². The number of carbonyl (C=O) groups excluding carboxylic acids is 1. The summed E-state index contributed by atoms with van der Waals surface area (Å²) in [7, 11) is 0. The summed E-state index contributed by atoms with van der Waals surface area (Å²) < 4.78 is 5.79. The highest BCUT2D eigenvalue weighted by atomic mass is 16.6. The number of benzene rings is 2. The molecule has 1 aliphatic carbocycles. The van der Waals surface area contributed by atoms with Crippen LogP contribution in [-0.2, 0) is 10.2 Å². The van der Waals surface area contributed by atoms with Crippen LogP contribution in [0.25, 0.3) is 0 Å². The van der Waals surface area contributed by atoms with E-state index in [1.165, 1.54) is 12.1 Å². The molecule has 2 aromatic rings. The third-order valence-electron chi connectivity index (χ3n) is 5.80. The Hall–Kier alpha value is -2.89. The smallest absolute Gasteiger partial charge is 0.269 e. The van der Waals surface area contributed by atoms with Crippen molar-refractivity contribution in [1.29, 1.82) is 0 Å². The Balaban J connectivity index is 1.80. The number of nitrogens with zero attached hydrogens (tertiary/aromatic N) is 1. The van der Waals surface area contributed by atoms with Crippen LogP contribution in [0.15, 0.2) is 48.5 Å². The molecular formula is C23H28N2O4. The van der Waals surface area contributed by atoms with E-state index in [-0.39, 0.29) is 17.7 Å². The summed E-state index contributed by atoms with van der Waals surface area (Å²) in [5, 5.41) is 14.0. The molecule has 0 radical (unpaired) electrons. The summed E-state index contributed by atoms with van der Waals surface area (Å²) >= 11 is 0. The molecule has 29 heavy (non-hydrogen) atoms. The van der Waals surface area contributed by atoms with Crippen molar-refractivity contribution in [2.45, 2.75) is 63.9 Å². The molecule has 0 bridgehead atoms. The Kier molecular flexibility index (Phi) is 6.52. The van der Waals surface area contributed by atoms with Gasteiger partial charge < -0.3 is 10.1 Å². The van der Waals surface area contributed by atoms with E-state index in [1.54, 1.807) is 12.1 Å². The quantitative estimate of drug-likeness (QED) is 0.487. The monoisotopic (exact) mass is 396 g/mol. The molecule has 1 atom stereocenters. The fourth-order valence-corrected chi connectivity index (χ4v) is 3.89. The van der Waals surface area contributed by atoms with Gasteiger partial charge in [-0.1, -0.05) is 38.3 Å². The third-order valence-corrected chi connectivity index (χ3v) is 5.80. The lowest BCUT2D eigenvalue weighted by Crippen LogP contribution is -2.42. The number of anilines is 1. The van der Waals surface area contributed by atoms with Crippen LogP contribution in [0.2, 0.25) is 0 Å². The number of ether oxygens (including phenoxy) is 1. The molecule has 6 nitrogen and oxygen atoms in total. The minimum Gasteiger partial charge on any atom is -0.491 e.